The van der Waals surface area contributed by atoms with Crippen LogP contribution in [0.25, 0.3) is 0 Å². The van der Waals surface area contributed by atoms with E-state index in [1.807, 2.05) is 0 Å². The van der Waals surface area contributed by atoms with Gasteiger partial charge in [-0.1, -0.05) is 12.1 Å². The summed E-state index contributed by atoms with van der Waals surface area (Å²) in [6, 6.07) is 5.44. The van der Waals surface area contributed by atoms with E-state index < -0.39 is 11.8 Å². The van der Waals surface area contributed by atoms with Gasteiger partial charge in [0.1, 0.15) is 0 Å². The minimum atomic E-state index is -4.51. The van der Waals surface area contributed by atoms with Crippen LogP contribution in [0, 0.1) is 0 Å². The number of rotatable bonds is 2. The number of hydrogen-bond acceptors (Lipinski definition) is 3. The van der Waals surface area contributed by atoms with Gasteiger partial charge in [0.05, 0.1) is 0 Å². The average molecular weight is 260 g/mol. The molecule has 3 N–H and O–H groups in total. The van der Waals surface area contributed by atoms with Crippen LogP contribution in [-0.4, -0.2) is 11.3 Å². The highest BCUT2D eigenvalue weighted by atomic mass is 32.1. The smallest absolute Gasteiger partial charge is 0.376 e. The number of alkyl halides is 3. The fraction of sp³-hybridized carbons (Fsp3) is 0.222. The summed E-state index contributed by atoms with van der Waals surface area (Å²) >= 11 is 4.61. The fourth-order valence-corrected chi connectivity index (χ4v) is 1.49. The van der Waals surface area contributed by atoms with E-state index in [0.717, 1.165) is 0 Å². The highest BCUT2D eigenvalue weighted by Gasteiger charge is 2.65. The van der Waals surface area contributed by atoms with Crippen LogP contribution in [0.3, 0.4) is 0 Å². The lowest BCUT2D eigenvalue weighted by Gasteiger charge is -2.15. The zero-order valence-corrected chi connectivity index (χ0v) is 9.14. The molecule has 0 saturated carbocycles. The van der Waals surface area contributed by atoms with E-state index in [1.54, 1.807) is 0 Å². The number of nitrogens with one attached hydrogen (secondary N) is 1. The van der Waals surface area contributed by atoms with Crippen LogP contribution in [0.1, 0.15) is 5.56 Å². The molecule has 0 aliphatic carbocycles. The van der Waals surface area contributed by atoms with Crippen molar-refractivity contribution < 1.29 is 13.2 Å². The second-order valence-corrected chi connectivity index (χ2v) is 3.88. The Kier molecular flexibility index (Phi) is 2.53. The van der Waals surface area contributed by atoms with Crippen molar-refractivity contribution in [3.05, 3.63) is 29.8 Å². The van der Waals surface area contributed by atoms with Gasteiger partial charge in [-0.15, -0.1) is 10.2 Å². The molecule has 1 aliphatic rings. The number of benzene rings is 1. The number of halogens is 3. The minimum absolute atomic E-state index is 0.0292. The molecule has 0 atom stereocenters. The first-order valence-electron chi connectivity index (χ1n) is 4.53. The van der Waals surface area contributed by atoms with Gasteiger partial charge in [-0.05, 0) is 24.4 Å². The number of anilines is 1. The van der Waals surface area contributed by atoms with Gasteiger partial charge < -0.3 is 11.1 Å². The molecule has 2 rings (SSSR count). The third-order valence-corrected chi connectivity index (χ3v) is 2.35. The molecule has 0 radical (unpaired) electrons. The van der Waals surface area contributed by atoms with Crippen LogP contribution >= 0.6 is 12.2 Å². The molecule has 1 aromatic rings. The van der Waals surface area contributed by atoms with E-state index in [1.165, 1.54) is 24.3 Å². The first-order valence-corrected chi connectivity index (χ1v) is 4.94. The second-order valence-electron chi connectivity index (χ2n) is 3.44. The van der Waals surface area contributed by atoms with Gasteiger partial charge in [0.25, 0.3) is 0 Å². The first-order chi connectivity index (χ1) is 7.85. The quantitative estimate of drug-likeness (QED) is 0.803. The van der Waals surface area contributed by atoms with E-state index in [2.05, 4.69) is 27.8 Å². The Morgan fingerprint density at radius 2 is 1.76 bits per heavy atom. The summed E-state index contributed by atoms with van der Waals surface area (Å²) in [5.74, 6) is 0. The van der Waals surface area contributed by atoms with E-state index in [-0.39, 0.29) is 10.7 Å². The van der Waals surface area contributed by atoms with Crippen molar-refractivity contribution in [2.75, 3.05) is 5.32 Å². The Morgan fingerprint density at radius 3 is 2.12 bits per heavy atom. The lowest BCUT2D eigenvalue weighted by atomic mass is 10.0. The van der Waals surface area contributed by atoms with E-state index in [0.29, 0.717) is 5.69 Å². The largest absolute Gasteiger partial charge is 0.442 e. The van der Waals surface area contributed by atoms with Crippen LogP contribution in [0.4, 0.5) is 18.9 Å². The highest BCUT2D eigenvalue weighted by Crippen LogP contribution is 2.52. The molecule has 0 saturated heterocycles. The van der Waals surface area contributed by atoms with Gasteiger partial charge in [0, 0.05) is 11.3 Å². The van der Waals surface area contributed by atoms with Crippen molar-refractivity contribution in [2.45, 2.75) is 11.8 Å². The summed E-state index contributed by atoms with van der Waals surface area (Å²) in [6.45, 7) is 0. The van der Waals surface area contributed by atoms with Gasteiger partial charge in [0.2, 0.25) is 0 Å². The van der Waals surface area contributed by atoms with E-state index in [4.69, 9.17) is 5.73 Å². The van der Waals surface area contributed by atoms with E-state index in [9.17, 15) is 13.2 Å². The Labute approximate surface area is 99.7 Å². The molecule has 0 unspecified atom stereocenters. The van der Waals surface area contributed by atoms with E-state index >= 15 is 0 Å². The van der Waals surface area contributed by atoms with Crippen molar-refractivity contribution in [3.8, 4) is 0 Å². The van der Waals surface area contributed by atoms with Gasteiger partial charge in [-0.2, -0.15) is 13.2 Å². The van der Waals surface area contributed by atoms with Crippen molar-refractivity contribution in [1.82, 2.24) is 0 Å². The summed E-state index contributed by atoms with van der Waals surface area (Å²) < 4.78 is 37.9. The summed E-state index contributed by atoms with van der Waals surface area (Å²) in [4.78, 5) is 0. The molecule has 8 heteroatoms. The summed E-state index contributed by atoms with van der Waals surface area (Å²) in [6.07, 6.45) is -4.51. The molecule has 0 fully saturated rings. The highest BCUT2D eigenvalue weighted by molar-refractivity contribution is 7.80. The molecule has 1 aromatic carbocycles. The van der Waals surface area contributed by atoms with Crippen LogP contribution < -0.4 is 11.1 Å². The van der Waals surface area contributed by atoms with Gasteiger partial charge in [-0.3, -0.25) is 0 Å². The molecule has 0 amide bonds. The fourth-order valence-electron chi connectivity index (χ4n) is 1.37. The maximum absolute atomic E-state index is 12.6. The summed E-state index contributed by atoms with van der Waals surface area (Å²) in [5.41, 5.74) is 3.34. The molecule has 0 aromatic heterocycles. The average Bonchev–Trinajstić information content (AvgIpc) is 2.97. The minimum Gasteiger partial charge on any atom is -0.376 e. The molecule has 1 aliphatic heterocycles. The Hall–Kier alpha value is -1.70. The van der Waals surface area contributed by atoms with Gasteiger partial charge in [-0.25, -0.2) is 0 Å². The topological polar surface area (TPSA) is 62.8 Å². The maximum atomic E-state index is 12.6. The number of nitrogens with zero attached hydrogens (tertiary/aromatic N) is 2. The van der Waals surface area contributed by atoms with Crippen LogP contribution in [0.5, 0.6) is 0 Å². The zero-order valence-electron chi connectivity index (χ0n) is 8.32. The molecular weight excluding hydrogens is 253 g/mol. The van der Waals surface area contributed by atoms with Crippen molar-refractivity contribution in [3.63, 3.8) is 0 Å². The Bertz CT molecular complexity index is 474. The monoisotopic (exact) mass is 260 g/mol. The van der Waals surface area contributed by atoms with Crippen molar-refractivity contribution in [1.29, 1.82) is 0 Å². The predicted octanol–water partition coefficient (Wildman–Crippen LogP) is 2.52. The molecule has 90 valence electrons. The van der Waals surface area contributed by atoms with Crippen LogP contribution in [0.15, 0.2) is 34.5 Å². The molecule has 0 spiro atoms. The van der Waals surface area contributed by atoms with Crippen LogP contribution in [-0.2, 0) is 5.66 Å². The molecule has 0 bridgehead atoms. The van der Waals surface area contributed by atoms with Gasteiger partial charge >= 0.3 is 11.8 Å². The normalized spacial score (nSPS) is 16.6. The molecule has 17 heavy (non-hydrogen) atoms. The second kappa shape index (κ2) is 3.66. The lowest BCUT2D eigenvalue weighted by molar-refractivity contribution is -0.166. The molecular formula is C9H7F3N4S. The Morgan fingerprint density at radius 1 is 1.24 bits per heavy atom. The predicted molar refractivity (Wildman–Crippen MR) is 59.4 cm³/mol. The third kappa shape index (κ3) is 2.07. The molecule has 1 heterocycles. The number of thiocarbonyl (C=S) groups is 1. The van der Waals surface area contributed by atoms with Crippen molar-refractivity contribution >= 4 is 23.0 Å². The third-order valence-electron chi connectivity index (χ3n) is 2.25. The maximum Gasteiger partial charge on any atom is 0.442 e. The van der Waals surface area contributed by atoms with Crippen LogP contribution in [0.2, 0.25) is 0 Å². The standard InChI is InChI=1S/C9H7F3N4S/c10-9(11,12)8(15-16-8)5-1-3-6(4-2-5)14-7(13)17/h1-4H,(H3,13,14,17). The summed E-state index contributed by atoms with van der Waals surface area (Å²) in [5, 5.41) is 8.84. The van der Waals surface area contributed by atoms with Gasteiger partial charge in [0.15, 0.2) is 5.11 Å². The molecule has 4 nitrogen and oxygen atoms in total. The summed E-state index contributed by atoms with van der Waals surface area (Å²) in [7, 11) is 0. The van der Waals surface area contributed by atoms with Crippen molar-refractivity contribution in [2.24, 2.45) is 16.0 Å². The lowest BCUT2D eigenvalue weighted by Crippen LogP contribution is -2.30. The first kappa shape index (κ1) is 11.8. The zero-order chi connectivity index (χ0) is 12.7. The number of nitrogens with two attached hydrogens (primary N) is 1. The number of hydrogen-bond donors (Lipinski definition) is 2. The SMILES string of the molecule is NC(=S)Nc1ccc(C2(C(F)(F)F)N=N2)cc1. The Balaban J connectivity index is 2.22.